The fourth-order valence-corrected chi connectivity index (χ4v) is 4.66. The highest BCUT2D eigenvalue weighted by Crippen LogP contribution is 2.37. The molecule has 1 saturated carbocycles. The quantitative estimate of drug-likeness (QED) is 0.556. The molecule has 166 valence electrons. The van der Waals surface area contributed by atoms with Crippen molar-refractivity contribution in [3.8, 4) is 0 Å². The highest BCUT2D eigenvalue weighted by Gasteiger charge is 2.44. The number of hydrogen-bond donors (Lipinski definition) is 1. The fourth-order valence-electron chi connectivity index (χ4n) is 4.66. The third-order valence-corrected chi connectivity index (χ3v) is 6.25. The summed E-state index contributed by atoms with van der Waals surface area (Å²) in [6.07, 6.45) is 6.07. The summed E-state index contributed by atoms with van der Waals surface area (Å²) in [5.74, 6) is -0.616. The summed E-state index contributed by atoms with van der Waals surface area (Å²) in [7, 11) is 1.83. The SMILES string of the molecule is CC(=O)Nc1ccc(C2=C(N(C)c3ccccc3)C(=O)N(C3CCCCCC3)C2=O)cc1. The van der Waals surface area contributed by atoms with Crippen LogP contribution in [0, 0.1) is 0 Å². The number of hydrogen-bond acceptors (Lipinski definition) is 4. The van der Waals surface area contributed by atoms with Crippen LogP contribution in [0.1, 0.15) is 51.0 Å². The van der Waals surface area contributed by atoms with Gasteiger partial charge in [-0.25, -0.2) is 0 Å². The molecule has 2 aromatic rings. The second kappa shape index (κ2) is 9.39. The van der Waals surface area contributed by atoms with Gasteiger partial charge in [0.15, 0.2) is 0 Å². The molecule has 0 spiro atoms. The minimum absolute atomic E-state index is 0.0622. The molecule has 1 N–H and O–H groups in total. The Balaban J connectivity index is 1.76. The van der Waals surface area contributed by atoms with Crippen LogP contribution >= 0.6 is 0 Å². The Kier molecular flexibility index (Phi) is 6.40. The molecular weight excluding hydrogens is 402 g/mol. The van der Waals surface area contributed by atoms with Crippen molar-refractivity contribution in [2.45, 2.75) is 51.5 Å². The van der Waals surface area contributed by atoms with Crippen LogP contribution < -0.4 is 10.2 Å². The summed E-state index contributed by atoms with van der Waals surface area (Å²) >= 11 is 0. The molecule has 6 nitrogen and oxygen atoms in total. The molecule has 0 unspecified atom stereocenters. The van der Waals surface area contributed by atoms with Crippen LogP contribution in [0.15, 0.2) is 60.3 Å². The zero-order chi connectivity index (χ0) is 22.7. The number of amides is 3. The number of anilines is 2. The topological polar surface area (TPSA) is 69.7 Å². The maximum atomic E-state index is 13.7. The number of rotatable bonds is 5. The van der Waals surface area contributed by atoms with Gasteiger partial charge in [0.05, 0.1) is 5.57 Å². The summed E-state index contributed by atoms with van der Waals surface area (Å²) in [5, 5.41) is 2.74. The summed E-state index contributed by atoms with van der Waals surface area (Å²) in [5.41, 5.74) is 2.99. The van der Waals surface area contributed by atoms with E-state index in [1.54, 1.807) is 24.3 Å². The lowest BCUT2D eigenvalue weighted by atomic mass is 10.0. The number of para-hydroxylation sites is 1. The van der Waals surface area contributed by atoms with E-state index >= 15 is 0 Å². The highest BCUT2D eigenvalue weighted by atomic mass is 16.2. The second-order valence-corrected chi connectivity index (χ2v) is 8.50. The smallest absolute Gasteiger partial charge is 0.278 e. The molecule has 0 bridgehead atoms. The van der Waals surface area contributed by atoms with Crippen LogP contribution in [0.4, 0.5) is 11.4 Å². The number of carbonyl (C=O) groups is 3. The third kappa shape index (κ3) is 4.31. The van der Waals surface area contributed by atoms with E-state index in [1.165, 1.54) is 11.8 Å². The molecule has 3 amide bonds. The minimum Gasteiger partial charge on any atom is -0.339 e. The maximum absolute atomic E-state index is 13.7. The van der Waals surface area contributed by atoms with E-state index in [0.717, 1.165) is 44.2 Å². The summed E-state index contributed by atoms with van der Waals surface area (Å²) < 4.78 is 0. The van der Waals surface area contributed by atoms with Crippen molar-refractivity contribution in [2.24, 2.45) is 0 Å². The van der Waals surface area contributed by atoms with Crippen LogP contribution in [0.3, 0.4) is 0 Å². The Morgan fingerprint density at radius 1 is 0.906 bits per heavy atom. The molecule has 0 aromatic heterocycles. The van der Waals surface area contributed by atoms with Crippen molar-refractivity contribution in [2.75, 3.05) is 17.3 Å². The van der Waals surface area contributed by atoms with Crippen molar-refractivity contribution < 1.29 is 14.4 Å². The van der Waals surface area contributed by atoms with Gasteiger partial charge in [0.1, 0.15) is 5.70 Å². The van der Waals surface area contributed by atoms with Gasteiger partial charge < -0.3 is 10.2 Å². The minimum atomic E-state index is -0.230. The van der Waals surface area contributed by atoms with Gasteiger partial charge in [-0.3, -0.25) is 19.3 Å². The number of imide groups is 1. The predicted octanol–water partition coefficient (Wildman–Crippen LogP) is 4.58. The first-order valence-electron chi connectivity index (χ1n) is 11.3. The van der Waals surface area contributed by atoms with Gasteiger partial charge in [-0.05, 0) is 42.7 Å². The standard InChI is InChI=1S/C26H29N3O3/c1-18(30)27-20-16-14-19(15-17-20)23-24(28(2)21-10-8-5-9-11-21)26(32)29(25(23)31)22-12-6-3-4-7-13-22/h5,8-11,14-17,22H,3-4,6-7,12-13H2,1-2H3,(H,27,30). The van der Waals surface area contributed by atoms with Gasteiger partial charge in [-0.15, -0.1) is 0 Å². The molecule has 2 aromatic carbocycles. The molecule has 2 aliphatic rings. The maximum Gasteiger partial charge on any atom is 0.278 e. The average Bonchev–Trinajstić information content (AvgIpc) is 2.94. The first kappa shape index (κ1) is 21.8. The number of likely N-dealkylation sites (N-methyl/N-ethyl adjacent to an activating group) is 1. The van der Waals surface area contributed by atoms with Crippen LogP contribution in [0.25, 0.3) is 5.57 Å². The van der Waals surface area contributed by atoms with Crippen LogP contribution in [0.5, 0.6) is 0 Å². The van der Waals surface area contributed by atoms with Crippen molar-refractivity contribution >= 4 is 34.7 Å². The molecule has 6 heteroatoms. The van der Waals surface area contributed by atoms with Crippen molar-refractivity contribution in [1.82, 2.24) is 4.90 Å². The van der Waals surface area contributed by atoms with Gasteiger partial charge in [0.2, 0.25) is 5.91 Å². The number of nitrogens with zero attached hydrogens (tertiary/aromatic N) is 2. The lowest BCUT2D eigenvalue weighted by molar-refractivity contribution is -0.139. The second-order valence-electron chi connectivity index (χ2n) is 8.50. The Bertz CT molecular complexity index is 1040. The van der Waals surface area contributed by atoms with Gasteiger partial charge in [0, 0.05) is 31.4 Å². The highest BCUT2D eigenvalue weighted by molar-refractivity contribution is 6.36. The monoisotopic (exact) mass is 431 g/mol. The van der Waals surface area contributed by atoms with E-state index < -0.39 is 0 Å². The first-order chi connectivity index (χ1) is 15.5. The van der Waals surface area contributed by atoms with Crippen LogP contribution in [0.2, 0.25) is 0 Å². The zero-order valence-electron chi connectivity index (χ0n) is 18.6. The molecule has 0 radical (unpaired) electrons. The largest absolute Gasteiger partial charge is 0.339 e. The molecule has 0 atom stereocenters. The summed E-state index contributed by atoms with van der Waals surface area (Å²) in [6, 6.07) is 16.7. The van der Waals surface area contributed by atoms with Crippen molar-refractivity contribution in [3.05, 3.63) is 65.9 Å². The van der Waals surface area contributed by atoms with Gasteiger partial charge in [-0.2, -0.15) is 0 Å². The molecule has 1 aliphatic heterocycles. The lowest BCUT2D eigenvalue weighted by Crippen LogP contribution is -2.42. The van der Waals surface area contributed by atoms with Crippen LogP contribution in [-0.4, -0.2) is 35.7 Å². The van der Waals surface area contributed by atoms with E-state index in [0.29, 0.717) is 22.5 Å². The molecule has 1 fully saturated rings. The fraction of sp³-hybridized carbons (Fsp3) is 0.346. The molecular formula is C26H29N3O3. The van der Waals surface area contributed by atoms with E-state index in [9.17, 15) is 14.4 Å². The van der Waals surface area contributed by atoms with E-state index in [2.05, 4.69) is 5.32 Å². The normalized spacial score (nSPS) is 17.5. The molecule has 1 aliphatic carbocycles. The molecule has 1 heterocycles. The Labute approximate surface area is 188 Å². The van der Waals surface area contributed by atoms with Gasteiger partial charge in [0.25, 0.3) is 11.8 Å². The predicted molar refractivity (Wildman–Crippen MR) is 126 cm³/mol. The summed E-state index contributed by atoms with van der Waals surface area (Å²) in [4.78, 5) is 42.0. The molecule has 32 heavy (non-hydrogen) atoms. The first-order valence-corrected chi connectivity index (χ1v) is 11.3. The molecule has 4 rings (SSSR count). The lowest BCUT2D eigenvalue weighted by Gasteiger charge is -2.27. The number of carbonyl (C=O) groups excluding carboxylic acids is 3. The van der Waals surface area contributed by atoms with Crippen molar-refractivity contribution in [3.63, 3.8) is 0 Å². The molecule has 0 saturated heterocycles. The Hall–Kier alpha value is -3.41. The number of nitrogens with one attached hydrogen (secondary N) is 1. The van der Waals surface area contributed by atoms with Gasteiger partial charge >= 0.3 is 0 Å². The van der Waals surface area contributed by atoms with Gasteiger partial charge in [-0.1, -0.05) is 56.0 Å². The zero-order valence-corrected chi connectivity index (χ0v) is 18.6. The Morgan fingerprint density at radius 2 is 1.53 bits per heavy atom. The van der Waals surface area contributed by atoms with E-state index in [1.807, 2.05) is 42.3 Å². The van der Waals surface area contributed by atoms with Crippen molar-refractivity contribution in [1.29, 1.82) is 0 Å². The average molecular weight is 432 g/mol. The third-order valence-electron chi connectivity index (χ3n) is 6.25. The van der Waals surface area contributed by atoms with E-state index in [4.69, 9.17) is 0 Å². The number of benzene rings is 2. The van der Waals surface area contributed by atoms with E-state index in [-0.39, 0.29) is 23.8 Å². The van der Waals surface area contributed by atoms with Crippen LogP contribution in [-0.2, 0) is 14.4 Å². The summed E-state index contributed by atoms with van der Waals surface area (Å²) in [6.45, 7) is 1.45. The Morgan fingerprint density at radius 3 is 2.12 bits per heavy atom.